The maximum Gasteiger partial charge on any atom is 0.302 e. The molecule has 2 saturated carbocycles. The van der Waals surface area contributed by atoms with E-state index < -0.39 is 40.2 Å². The zero-order valence-corrected chi connectivity index (χ0v) is 24.3. The lowest BCUT2D eigenvalue weighted by atomic mass is 9.38. The molecule has 10 atom stereocenters. The molecule has 1 aliphatic heterocycles. The third-order valence-corrected chi connectivity index (χ3v) is 11.2. The number of aliphatic hydroxyl groups excluding tert-OH is 2. The quantitative estimate of drug-likeness (QED) is 0.389. The molecule has 210 valence electrons. The van der Waals surface area contributed by atoms with Crippen LogP contribution in [0.1, 0.15) is 81.1 Å². The SMILES string of the molecule is CC(=O)OC1CC2C(C)(C)C(=O)C=CC2(C)C2C(O)CC3(C)C(=CCC3C3=CC(CC(C)C)OC3O)C12C. The van der Waals surface area contributed by atoms with E-state index in [1.165, 1.54) is 12.5 Å². The van der Waals surface area contributed by atoms with Crippen molar-refractivity contribution in [3.8, 4) is 0 Å². The number of ketones is 1. The Kier molecular flexibility index (Phi) is 6.49. The minimum Gasteiger partial charge on any atom is -0.462 e. The predicted molar refractivity (Wildman–Crippen MR) is 145 cm³/mol. The summed E-state index contributed by atoms with van der Waals surface area (Å²) < 4.78 is 12.1. The number of hydrogen-bond acceptors (Lipinski definition) is 6. The van der Waals surface area contributed by atoms with E-state index in [1.807, 2.05) is 19.9 Å². The van der Waals surface area contributed by atoms with E-state index in [0.29, 0.717) is 18.8 Å². The van der Waals surface area contributed by atoms with Crippen molar-refractivity contribution in [2.45, 2.75) is 106 Å². The van der Waals surface area contributed by atoms with Crippen LogP contribution in [0.5, 0.6) is 0 Å². The first-order valence-electron chi connectivity index (χ1n) is 14.4. The molecule has 0 aromatic heterocycles. The molecule has 10 unspecified atom stereocenters. The van der Waals surface area contributed by atoms with Crippen LogP contribution in [-0.4, -0.2) is 46.6 Å². The largest absolute Gasteiger partial charge is 0.462 e. The van der Waals surface area contributed by atoms with Gasteiger partial charge in [-0.1, -0.05) is 72.3 Å². The Labute approximate surface area is 227 Å². The van der Waals surface area contributed by atoms with Crippen molar-refractivity contribution in [1.29, 1.82) is 0 Å². The molecule has 4 aliphatic carbocycles. The Morgan fingerprint density at radius 3 is 2.50 bits per heavy atom. The fourth-order valence-electron chi connectivity index (χ4n) is 9.75. The van der Waals surface area contributed by atoms with Crippen molar-refractivity contribution < 1.29 is 29.3 Å². The highest BCUT2D eigenvalue weighted by molar-refractivity contribution is 5.95. The first-order chi connectivity index (χ1) is 17.6. The zero-order valence-electron chi connectivity index (χ0n) is 24.3. The lowest BCUT2D eigenvalue weighted by Crippen LogP contribution is -2.67. The summed E-state index contributed by atoms with van der Waals surface area (Å²) in [5, 5.41) is 23.0. The average molecular weight is 527 g/mol. The molecule has 38 heavy (non-hydrogen) atoms. The van der Waals surface area contributed by atoms with Crippen molar-refractivity contribution in [2.24, 2.45) is 45.3 Å². The minimum atomic E-state index is -0.943. The average Bonchev–Trinajstić information content (AvgIpc) is 3.30. The number of carbonyl (C=O) groups excluding carboxylic acids is 2. The van der Waals surface area contributed by atoms with Gasteiger partial charge in [0.2, 0.25) is 0 Å². The van der Waals surface area contributed by atoms with Crippen LogP contribution in [0.15, 0.2) is 35.5 Å². The van der Waals surface area contributed by atoms with E-state index in [1.54, 1.807) is 6.08 Å². The van der Waals surface area contributed by atoms with Gasteiger partial charge in [-0.25, -0.2) is 0 Å². The van der Waals surface area contributed by atoms with Crippen LogP contribution in [0.4, 0.5) is 0 Å². The second kappa shape index (κ2) is 8.87. The number of esters is 1. The van der Waals surface area contributed by atoms with Crippen LogP contribution < -0.4 is 0 Å². The van der Waals surface area contributed by atoms with Gasteiger partial charge in [-0.15, -0.1) is 0 Å². The van der Waals surface area contributed by atoms with Gasteiger partial charge in [0.15, 0.2) is 12.1 Å². The third kappa shape index (κ3) is 3.77. The van der Waals surface area contributed by atoms with E-state index in [4.69, 9.17) is 9.47 Å². The Morgan fingerprint density at radius 2 is 1.87 bits per heavy atom. The molecule has 0 saturated heterocycles. The summed E-state index contributed by atoms with van der Waals surface area (Å²) in [5.41, 5.74) is 0.00414. The van der Waals surface area contributed by atoms with Crippen molar-refractivity contribution in [3.63, 3.8) is 0 Å². The number of ether oxygens (including phenoxy) is 2. The van der Waals surface area contributed by atoms with Gasteiger partial charge in [-0.3, -0.25) is 9.59 Å². The van der Waals surface area contributed by atoms with E-state index in [0.717, 1.165) is 18.4 Å². The summed E-state index contributed by atoms with van der Waals surface area (Å²) in [7, 11) is 0. The Hall–Kier alpha value is -1.76. The van der Waals surface area contributed by atoms with E-state index in [9.17, 15) is 19.8 Å². The fraction of sp³-hybridized carbons (Fsp3) is 0.750. The van der Waals surface area contributed by atoms with Gasteiger partial charge in [-0.05, 0) is 65.9 Å². The third-order valence-electron chi connectivity index (χ3n) is 11.2. The van der Waals surface area contributed by atoms with Gasteiger partial charge >= 0.3 is 5.97 Å². The Bertz CT molecular complexity index is 1110. The van der Waals surface area contributed by atoms with Crippen LogP contribution in [0.3, 0.4) is 0 Å². The second-order valence-corrected chi connectivity index (χ2v) is 14.4. The van der Waals surface area contributed by atoms with Gasteiger partial charge in [0.1, 0.15) is 6.10 Å². The van der Waals surface area contributed by atoms with Crippen LogP contribution in [0, 0.1) is 45.3 Å². The first kappa shape index (κ1) is 27.8. The van der Waals surface area contributed by atoms with Gasteiger partial charge in [0.25, 0.3) is 0 Å². The van der Waals surface area contributed by atoms with Gasteiger partial charge < -0.3 is 19.7 Å². The van der Waals surface area contributed by atoms with Gasteiger partial charge in [-0.2, -0.15) is 0 Å². The number of fused-ring (bicyclic) bond motifs is 5. The summed E-state index contributed by atoms with van der Waals surface area (Å²) in [6.07, 6.45) is 8.64. The molecule has 0 aromatic carbocycles. The summed E-state index contributed by atoms with van der Waals surface area (Å²) in [5.74, 6) is -0.112. The minimum absolute atomic E-state index is 0.000474. The van der Waals surface area contributed by atoms with E-state index in [-0.39, 0.29) is 35.6 Å². The highest BCUT2D eigenvalue weighted by Crippen LogP contribution is 2.72. The fourth-order valence-corrected chi connectivity index (χ4v) is 9.75. The zero-order chi connectivity index (χ0) is 28.0. The molecular formula is C32H46O6. The summed E-state index contributed by atoms with van der Waals surface area (Å²) in [6, 6.07) is 0. The van der Waals surface area contributed by atoms with E-state index in [2.05, 4.69) is 46.8 Å². The van der Waals surface area contributed by atoms with Crippen molar-refractivity contribution in [3.05, 3.63) is 35.5 Å². The molecule has 2 fully saturated rings. The molecule has 0 radical (unpaired) electrons. The van der Waals surface area contributed by atoms with Crippen molar-refractivity contribution >= 4 is 11.8 Å². The molecule has 5 rings (SSSR count). The number of carbonyl (C=O) groups is 2. The number of rotatable bonds is 4. The molecule has 0 aromatic rings. The molecule has 5 aliphatic rings. The maximum absolute atomic E-state index is 13.0. The maximum atomic E-state index is 13.0. The number of hydrogen-bond donors (Lipinski definition) is 2. The van der Waals surface area contributed by atoms with Crippen molar-refractivity contribution in [1.82, 2.24) is 0 Å². The summed E-state index contributed by atoms with van der Waals surface area (Å²) in [4.78, 5) is 25.4. The molecule has 6 nitrogen and oxygen atoms in total. The Morgan fingerprint density at radius 1 is 1.18 bits per heavy atom. The van der Waals surface area contributed by atoms with Gasteiger partial charge in [0.05, 0.1) is 12.2 Å². The number of aliphatic hydroxyl groups is 2. The van der Waals surface area contributed by atoms with Crippen LogP contribution in [0.2, 0.25) is 0 Å². The molecule has 0 spiro atoms. The molecule has 1 heterocycles. The standard InChI is InChI=1S/C32H46O6/c1-17(2)13-19-14-20(28(36)38-19)21-9-10-23-31(21,7)16-22(34)27-30(6)12-11-25(35)29(4,5)24(30)15-26(32(23,27)8)37-18(3)33/h10-12,14,17,19,21-22,24,26-28,34,36H,9,13,15-16H2,1-8H3. The van der Waals surface area contributed by atoms with Crippen LogP contribution >= 0.6 is 0 Å². The van der Waals surface area contributed by atoms with E-state index >= 15 is 0 Å². The highest BCUT2D eigenvalue weighted by Gasteiger charge is 2.71. The molecular weight excluding hydrogens is 480 g/mol. The first-order valence-corrected chi connectivity index (χ1v) is 14.4. The summed E-state index contributed by atoms with van der Waals surface area (Å²) in [6.45, 7) is 16.3. The van der Waals surface area contributed by atoms with Crippen LogP contribution in [-0.2, 0) is 19.1 Å². The monoisotopic (exact) mass is 526 g/mol. The van der Waals surface area contributed by atoms with Crippen LogP contribution in [0.25, 0.3) is 0 Å². The smallest absolute Gasteiger partial charge is 0.302 e. The molecule has 0 bridgehead atoms. The number of allylic oxidation sites excluding steroid dienone is 3. The van der Waals surface area contributed by atoms with Crippen molar-refractivity contribution in [2.75, 3.05) is 0 Å². The predicted octanol–water partition coefficient (Wildman–Crippen LogP) is 5.14. The Balaban J connectivity index is 1.60. The second-order valence-electron chi connectivity index (χ2n) is 14.4. The summed E-state index contributed by atoms with van der Waals surface area (Å²) >= 11 is 0. The van der Waals surface area contributed by atoms with Gasteiger partial charge in [0, 0.05) is 23.7 Å². The topological polar surface area (TPSA) is 93.1 Å². The normalized spacial score (nSPS) is 47.2. The highest BCUT2D eigenvalue weighted by atomic mass is 16.6. The molecule has 0 amide bonds. The lowest BCUT2D eigenvalue weighted by Gasteiger charge is -2.67. The molecule has 6 heteroatoms. The molecule has 2 N–H and O–H groups in total. The lowest BCUT2D eigenvalue weighted by molar-refractivity contribution is -0.209.